The van der Waals surface area contributed by atoms with E-state index in [1.165, 1.54) is 16.3 Å². The molecule has 0 aliphatic carbocycles. The van der Waals surface area contributed by atoms with Gasteiger partial charge in [0, 0.05) is 6.54 Å². The summed E-state index contributed by atoms with van der Waals surface area (Å²) in [5, 5.41) is 2.53. The molecule has 0 radical (unpaired) electrons. The molecular formula is C11H13ClN2. The molecule has 0 saturated heterocycles. The van der Waals surface area contributed by atoms with Gasteiger partial charge in [-0.2, -0.15) is 0 Å². The summed E-state index contributed by atoms with van der Waals surface area (Å²) in [5.74, 6) is 5.25. The fourth-order valence-corrected chi connectivity index (χ4v) is 1.47. The fraction of sp³-hybridized carbons (Fsp3) is 0.0909. The van der Waals surface area contributed by atoms with Crippen molar-refractivity contribution in [3.05, 3.63) is 48.0 Å². The Balaban J connectivity index is 0.000000980. The van der Waals surface area contributed by atoms with E-state index in [4.69, 9.17) is 5.84 Å². The number of halogens is 1. The van der Waals surface area contributed by atoms with Gasteiger partial charge >= 0.3 is 0 Å². The zero-order valence-electron chi connectivity index (χ0n) is 7.73. The number of hydrogen-bond acceptors (Lipinski definition) is 2. The van der Waals surface area contributed by atoms with Crippen LogP contribution in [0.5, 0.6) is 0 Å². The molecule has 14 heavy (non-hydrogen) atoms. The summed E-state index contributed by atoms with van der Waals surface area (Å²) in [7, 11) is 0. The van der Waals surface area contributed by atoms with Crippen LogP contribution in [0.3, 0.4) is 0 Å². The normalized spacial score (nSPS) is 9.79. The number of nitrogens with one attached hydrogen (secondary N) is 1. The summed E-state index contributed by atoms with van der Waals surface area (Å²) in [5.41, 5.74) is 3.86. The van der Waals surface area contributed by atoms with Gasteiger partial charge in [-0.15, -0.1) is 12.4 Å². The lowest BCUT2D eigenvalue weighted by molar-refractivity contribution is 0.742. The predicted octanol–water partition coefficient (Wildman–Crippen LogP) is 2.22. The Bertz CT molecular complexity index is 415. The molecule has 0 atom stereocenters. The molecule has 0 spiro atoms. The first-order valence-corrected chi connectivity index (χ1v) is 4.31. The van der Waals surface area contributed by atoms with E-state index >= 15 is 0 Å². The van der Waals surface area contributed by atoms with Gasteiger partial charge in [-0.05, 0) is 22.4 Å². The summed E-state index contributed by atoms with van der Waals surface area (Å²) in [6.07, 6.45) is 0. The highest BCUT2D eigenvalue weighted by Gasteiger charge is 1.93. The second kappa shape index (κ2) is 4.96. The highest BCUT2D eigenvalue weighted by Crippen LogP contribution is 2.15. The summed E-state index contributed by atoms with van der Waals surface area (Å²) >= 11 is 0. The SMILES string of the molecule is Cl.NNCc1ccc2ccccc2c1. The summed E-state index contributed by atoms with van der Waals surface area (Å²) < 4.78 is 0. The van der Waals surface area contributed by atoms with Crippen LogP contribution in [0.15, 0.2) is 42.5 Å². The van der Waals surface area contributed by atoms with E-state index in [9.17, 15) is 0 Å². The zero-order valence-corrected chi connectivity index (χ0v) is 8.55. The van der Waals surface area contributed by atoms with Gasteiger partial charge < -0.3 is 0 Å². The highest BCUT2D eigenvalue weighted by atomic mass is 35.5. The maximum absolute atomic E-state index is 5.25. The first kappa shape index (κ1) is 11.0. The minimum absolute atomic E-state index is 0. The van der Waals surface area contributed by atoms with E-state index in [-0.39, 0.29) is 12.4 Å². The molecule has 3 N–H and O–H groups in total. The topological polar surface area (TPSA) is 38.0 Å². The molecule has 0 aromatic heterocycles. The second-order valence-electron chi connectivity index (χ2n) is 3.06. The zero-order chi connectivity index (χ0) is 9.10. The van der Waals surface area contributed by atoms with Gasteiger partial charge in [-0.3, -0.25) is 11.3 Å². The van der Waals surface area contributed by atoms with Crippen molar-refractivity contribution >= 4 is 23.2 Å². The van der Waals surface area contributed by atoms with Gasteiger partial charge in [0.25, 0.3) is 0 Å². The van der Waals surface area contributed by atoms with Crippen LogP contribution in [0.25, 0.3) is 10.8 Å². The van der Waals surface area contributed by atoms with Crippen LogP contribution in [-0.4, -0.2) is 0 Å². The van der Waals surface area contributed by atoms with Crippen LogP contribution in [0, 0.1) is 0 Å². The molecule has 2 aromatic rings. The van der Waals surface area contributed by atoms with E-state index in [1.807, 2.05) is 12.1 Å². The first-order valence-electron chi connectivity index (χ1n) is 4.31. The third-order valence-electron chi connectivity index (χ3n) is 2.12. The van der Waals surface area contributed by atoms with Crippen LogP contribution in [0.2, 0.25) is 0 Å². The van der Waals surface area contributed by atoms with Crippen LogP contribution in [0.4, 0.5) is 0 Å². The van der Waals surface area contributed by atoms with Crippen molar-refractivity contribution in [1.82, 2.24) is 5.43 Å². The molecule has 2 rings (SSSR count). The maximum Gasteiger partial charge on any atom is 0.0348 e. The van der Waals surface area contributed by atoms with E-state index in [2.05, 4.69) is 35.8 Å². The minimum Gasteiger partial charge on any atom is -0.271 e. The van der Waals surface area contributed by atoms with Crippen molar-refractivity contribution in [2.24, 2.45) is 5.84 Å². The molecule has 3 heteroatoms. The van der Waals surface area contributed by atoms with Gasteiger partial charge in [0.15, 0.2) is 0 Å². The molecule has 0 heterocycles. The minimum atomic E-state index is 0. The van der Waals surface area contributed by atoms with Gasteiger partial charge in [0.1, 0.15) is 0 Å². The number of nitrogens with two attached hydrogens (primary N) is 1. The maximum atomic E-state index is 5.25. The molecule has 2 nitrogen and oxygen atoms in total. The Morgan fingerprint density at radius 3 is 2.43 bits per heavy atom. The van der Waals surface area contributed by atoms with Gasteiger partial charge in [0.05, 0.1) is 0 Å². The van der Waals surface area contributed by atoms with Crippen molar-refractivity contribution < 1.29 is 0 Å². The Labute approximate surface area is 89.5 Å². The molecule has 0 aliphatic rings. The second-order valence-corrected chi connectivity index (χ2v) is 3.06. The lowest BCUT2D eigenvalue weighted by Gasteiger charge is -2.02. The Morgan fingerprint density at radius 2 is 1.71 bits per heavy atom. The van der Waals surface area contributed by atoms with Crippen molar-refractivity contribution in [1.29, 1.82) is 0 Å². The van der Waals surface area contributed by atoms with E-state index in [0.29, 0.717) is 6.54 Å². The van der Waals surface area contributed by atoms with Crippen molar-refractivity contribution in [2.75, 3.05) is 0 Å². The monoisotopic (exact) mass is 208 g/mol. The predicted molar refractivity (Wildman–Crippen MR) is 62.2 cm³/mol. The molecule has 0 unspecified atom stereocenters. The van der Waals surface area contributed by atoms with Crippen molar-refractivity contribution in [3.8, 4) is 0 Å². The lowest BCUT2D eigenvalue weighted by Crippen LogP contribution is -2.20. The van der Waals surface area contributed by atoms with Crippen LogP contribution >= 0.6 is 12.4 Å². The van der Waals surface area contributed by atoms with E-state index < -0.39 is 0 Å². The third-order valence-corrected chi connectivity index (χ3v) is 2.12. The van der Waals surface area contributed by atoms with Crippen molar-refractivity contribution in [3.63, 3.8) is 0 Å². The van der Waals surface area contributed by atoms with Crippen LogP contribution in [-0.2, 0) is 6.54 Å². The smallest absolute Gasteiger partial charge is 0.0348 e. The molecule has 0 fully saturated rings. The number of hydrazine groups is 1. The number of benzene rings is 2. The van der Waals surface area contributed by atoms with Crippen LogP contribution < -0.4 is 11.3 Å². The van der Waals surface area contributed by atoms with E-state index in [0.717, 1.165) is 0 Å². The van der Waals surface area contributed by atoms with Crippen molar-refractivity contribution in [2.45, 2.75) is 6.54 Å². The Kier molecular flexibility index (Phi) is 3.89. The molecule has 0 amide bonds. The van der Waals surface area contributed by atoms with E-state index in [1.54, 1.807) is 0 Å². The number of rotatable bonds is 2. The fourth-order valence-electron chi connectivity index (χ4n) is 1.47. The molecule has 74 valence electrons. The average Bonchev–Trinajstić information content (AvgIpc) is 2.18. The van der Waals surface area contributed by atoms with Crippen LogP contribution in [0.1, 0.15) is 5.56 Å². The largest absolute Gasteiger partial charge is 0.271 e. The molecule has 2 aromatic carbocycles. The third kappa shape index (κ3) is 2.23. The summed E-state index contributed by atoms with van der Waals surface area (Å²) in [6, 6.07) is 14.6. The highest BCUT2D eigenvalue weighted by molar-refractivity contribution is 5.85. The summed E-state index contributed by atoms with van der Waals surface area (Å²) in [6.45, 7) is 0.713. The standard InChI is InChI=1S/C11H12N2.ClH/c12-13-8-9-5-6-10-3-1-2-4-11(10)7-9;/h1-7,13H,8,12H2;1H. The average molecular weight is 209 g/mol. The van der Waals surface area contributed by atoms with Gasteiger partial charge in [0.2, 0.25) is 0 Å². The first-order chi connectivity index (χ1) is 6.40. The summed E-state index contributed by atoms with van der Waals surface area (Å²) in [4.78, 5) is 0. The quantitative estimate of drug-likeness (QED) is 0.587. The number of fused-ring (bicyclic) bond motifs is 1. The molecule has 0 saturated carbocycles. The molecule has 0 bridgehead atoms. The molecular weight excluding hydrogens is 196 g/mol. The molecule has 0 aliphatic heterocycles. The van der Waals surface area contributed by atoms with Gasteiger partial charge in [-0.1, -0.05) is 36.4 Å². The number of hydrogen-bond donors (Lipinski definition) is 2. The lowest BCUT2D eigenvalue weighted by atomic mass is 10.1. The Hall–Kier alpha value is -1.09. The van der Waals surface area contributed by atoms with Gasteiger partial charge in [-0.25, -0.2) is 0 Å². The Morgan fingerprint density at radius 1 is 1.00 bits per heavy atom.